The van der Waals surface area contributed by atoms with Gasteiger partial charge in [-0.1, -0.05) is 24.3 Å². The minimum absolute atomic E-state index is 0.0836. The van der Waals surface area contributed by atoms with Gasteiger partial charge in [0.1, 0.15) is 18.0 Å². The maximum atomic E-state index is 12.9. The van der Waals surface area contributed by atoms with Crippen LogP contribution in [0, 0.1) is 0 Å². The number of Topliss-reactive ketones (excluding diaryl/α,β-unsaturated/α-hetero) is 1. The summed E-state index contributed by atoms with van der Waals surface area (Å²) in [6.45, 7) is 2.26. The molecule has 0 bridgehead atoms. The van der Waals surface area contributed by atoms with E-state index < -0.39 is 12.2 Å². The van der Waals surface area contributed by atoms with Gasteiger partial charge in [-0.25, -0.2) is 0 Å². The Hall–Kier alpha value is -2.96. The molecule has 4 rings (SSSR count). The molecule has 2 aliphatic heterocycles. The normalized spacial score (nSPS) is 18.2. The third-order valence-corrected chi connectivity index (χ3v) is 6.19. The van der Waals surface area contributed by atoms with E-state index in [0.29, 0.717) is 17.7 Å². The average Bonchev–Trinajstić information content (AvgIpc) is 2.78. The van der Waals surface area contributed by atoms with Crippen LogP contribution in [0.25, 0.3) is 6.08 Å². The smallest absolute Gasteiger partial charge is 0.181 e. The molecule has 162 valence electrons. The van der Waals surface area contributed by atoms with Crippen LogP contribution in [0.2, 0.25) is 0 Å². The van der Waals surface area contributed by atoms with Gasteiger partial charge < -0.3 is 20.5 Å². The number of rotatable bonds is 6. The lowest BCUT2D eigenvalue weighted by Gasteiger charge is -2.44. The lowest BCUT2D eigenvalue weighted by molar-refractivity contribution is -0.117. The van der Waals surface area contributed by atoms with E-state index in [9.17, 15) is 9.59 Å². The van der Waals surface area contributed by atoms with Gasteiger partial charge in [-0.15, -0.1) is 0 Å². The molecule has 0 radical (unpaired) electrons. The molecular weight excluding hydrogens is 392 g/mol. The molecule has 0 aromatic heterocycles. The summed E-state index contributed by atoms with van der Waals surface area (Å²) in [6, 6.07) is 13.4. The van der Waals surface area contributed by atoms with Crippen molar-refractivity contribution in [3.8, 4) is 5.75 Å². The molecule has 0 atom stereocenters. The lowest BCUT2D eigenvalue weighted by Crippen LogP contribution is -2.51. The van der Waals surface area contributed by atoms with Crippen LogP contribution in [-0.2, 0) is 11.2 Å². The highest BCUT2D eigenvalue weighted by molar-refractivity contribution is 6.01. The van der Waals surface area contributed by atoms with E-state index in [-0.39, 0.29) is 11.6 Å². The number of nitrogen functional groups attached to an aromatic ring is 1. The van der Waals surface area contributed by atoms with E-state index in [0.717, 1.165) is 50.1 Å². The summed E-state index contributed by atoms with van der Waals surface area (Å²) in [7, 11) is 0. The van der Waals surface area contributed by atoms with E-state index in [1.54, 1.807) is 12.1 Å². The molecule has 0 aliphatic carbocycles. The Kier molecular flexibility index (Phi) is 6.20. The predicted molar refractivity (Wildman–Crippen MR) is 120 cm³/mol. The highest BCUT2D eigenvalue weighted by Gasteiger charge is 2.42. The van der Waals surface area contributed by atoms with Gasteiger partial charge in [-0.05, 0) is 47.9 Å². The van der Waals surface area contributed by atoms with Crippen molar-refractivity contribution in [2.45, 2.75) is 31.3 Å². The molecular formula is C25H28N2O4. The van der Waals surface area contributed by atoms with Crippen LogP contribution in [0.3, 0.4) is 0 Å². The van der Waals surface area contributed by atoms with Crippen LogP contribution in [0.1, 0.15) is 40.7 Å². The number of hydrogen-bond acceptors (Lipinski definition) is 6. The van der Waals surface area contributed by atoms with Gasteiger partial charge in [-0.3, -0.25) is 9.59 Å². The van der Waals surface area contributed by atoms with Crippen LogP contribution >= 0.6 is 0 Å². The number of fused-ring (bicyclic) bond motifs is 1. The maximum Gasteiger partial charge on any atom is 0.181 e. The minimum atomic E-state index is -0.525. The van der Waals surface area contributed by atoms with E-state index in [1.807, 2.05) is 24.3 Å². The van der Waals surface area contributed by atoms with Crippen LogP contribution in [0.15, 0.2) is 48.5 Å². The fraction of sp³-hybridized carbons (Fsp3) is 0.360. The number of piperidine rings is 1. The van der Waals surface area contributed by atoms with E-state index in [2.05, 4.69) is 17.0 Å². The number of carbonyl (C=O) groups excluding carboxylic acids is 2. The monoisotopic (exact) mass is 420 g/mol. The number of benzene rings is 2. The molecule has 1 saturated heterocycles. The molecule has 6 nitrogen and oxygen atoms in total. The summed E-state index contributed by atoms with van der Waals surface area (Å²) in [5.74, 6) is 0.333. The molecule has 2 aromatic carbocycles. The number of ether oxygens (including phenoxy) is 1. The topological polar surface area (TPSA) is 92.9 Å². The molecule has 2 heterocycles. The Balaban J connectivity index is 1.36. The van der Waals surface area contributed by atoms with E-state index >= 15 is 0 Å². The summed E-state index contributed by atoms with van der Waals surface area (Å²) in [6.07, 6.45) is 5.94. The van der Waals surface area contributed by atoms with Gasteiger partial charge >= 0.3 is 0 Å². The Labute approximate surface area is 182 Å². The number of hydrogen-bond donors (Lipinski definition) is 2. The van der Waals surface area contributed by atoms with Crippen LogP contribution in [0.4, 0.5) is 5.69 Å². The predicted octanol–water partition coefficient (Wildman–Crippen LogP) is 2.89. The number of ketones is 2. The Bertz CT molecular complexity index is 989. The van der Waals surface area contributed by atoms with Crippen LogP contribution in [0.5, 0.6) is 5.75 Å². The molecule has 1 fully saturated rings. The first kappa shape index (κ1) is 21.3. The van der Waals surface area contributed by atoms with E-state index in [1.165, 1.54) is 11.6 Å². The molecule has 2 aromatic rings. The van der Waals surface area contributed by atoms with Gasteiger partial charge in [0.2, 0.25) is 0 Å². The second-order valence-corrected chi connectivity index (χ2v) is 8.43. The number of aliphatic hydroxyl groups is 1. The van der Waals surface area contributed by atoms with E-state index in [4.69, 9.17) is 15.6 Å². The third kappa shape index (κ3) is 5.03. The molecule has 6 heteroatoms. The average molecular weight is 421 g/mol. The van der Waals surface area contributed by atoms with Crippen LogP contribution < -0.4 is 10.5 Å². The largest absolute Gasteiger partial charge is 0.486 e. The van der Waals surface area contributed by atoms with Crippen molar-refractivity contribution < 1.29 is 19.4 Å². The molecule has 0 amide bonds. The van der Waals surface area contributed by atoms with Crippen molar-refractivity contribution in [1.29, 1.82) is 0 Å². The van der Waals surface area contributed by atoms with Crippen molar-refractivity contribution in [1.82, 2.24) is 4.90 Å². The molecule has 0 saturated carbocycles. The summed E-state index contributed by atoms with van der Waals surface area (Å²) >= 11 is 0. The number of nitrogens with zero attached hydrogens (tertiary/aromatic N) is 1. The van der Waals surface area contributed by atoms with Gasteiger partial charge in [0, 0.05) is 38.2 Å². The summed E-state index contributed by atoms with van der Waals surface area (Å²) in [5.41, 5.74) is 8.69. The first-order valence-corrected chi connectivity index (χ1v) is 10.7. The number of likely N-dealkylation sites (tertiary alicyclic amines) is 1. The van der Waals surface area contributed by atoms with Crippen molar-refractivity contribution in [2.24, 2.45) is 0 Å². The van der Waals surface area contributed by atoms with Crippen LogP contribution in [-0.4, -0.2) is 53.4 Å². The first-order valence-electron chi connectivity index (χ1n) is 10.7. The fourth-order valence-electron chi connectivity index (χ4n) is 4.29. The highest BCUT2D eigenvalue weighted by Crippen LogP contribution is 2.39. The van der Waals surface area contributed by atoms with Gasteiger partial charge in [-0.2, -0.15) is 0 Å². The standard InChI is InChI=1S/C25H28N2O4/c26-20-5-1-18(2-6-20)9-12-27-13-10-25(11-14-27)16-23(30)22-15-19(3-7-21(29)17-28)4-8-24(22)31-25/h1-8,15,28H,9-14,16-17,26H2/b7-3+. The summed E-state index contributed by atoms with van der Waals surface area (Å²) < 4.78 is 6.36. The minimum Gasteiger partial charge on any atom is -0.486 e. The second kappa shape index (κ2) is 9.04. The number of nitrogens with two attached hydrogens (primary N) is 1. The van der Waals surface area contributed by atoms with Crippen molar-refractivity contribution in [3.05, 3.63) is 65.2 Å². The van der Waals surface area contributed by atoms with Crippen molar-refractivity contribution >= 4 is 23.3 Å². The summed E-state index contributed by atoms with van der Waals surface area (Å²) in [5, 5.41) is 8.83. The zero-order valence-corrected chi connectivity index (χ0v) is 17.5. The van der Waals surface area contributed by atoms with Crippen molar-refractivity contribution in [2.75, 3.05) is 32.0 Å². The Morgan fingerprint density at radius 3 is 2.61 bits per heavy atom. The lowest BCUT2D eigenvalue weighted by atomic mass is 9.82. The zero-order valence-electron chi connectivity index (χ0n) is 17.5. The molecule has 3 N–H and O–H groups in total. The summed E-state index contributed by atoms with van der Waals surface area (Å²) in [4.78, 5) is 26.6. The van der Waals surface area contributed by atoms with Gasteiger partial charge in [0.25, 0.3) is 0 Å². The second-order valence-electron chi connectivity index (χ2n) is 8.43. The highest BCUT2D eigenvalue weighted by atomic mass is 16.5. The van der Waals surface area contributed by atoms with Gasteiger partial charge in [0.15, 0.2) is 11.6 Å². The number of carbonyl (C=O) groups is 2. The SMILES string of the molecule is Nc1ccc(CCN2CCC3(CC2)CC(=O)c2cc(/C=C/C(=O)CO)ccc2O3)cc1. The Morgan fingerprint density at radius 2 is 1.90 bits per heavy atom. The molecule has 2 aliphatic rings. The quantitative estimate of drug-likeness (QED) is 0.551. The van der Waals surface area contributed by atoms with Crippen molar-refractivity contribution in [3.63, 3.8) is 0 Å². The number of aliphatic hydroxyl groups excluding tert-OH is 1. The third-order valence-electron chi connectivity index (χ3n) is 6.19. The van der Waals surface area contributed by atoms with Gasteiger partial charge in [0.05, 0.1) is 12.0 Å². The number of anilines is 1. The Morgan fingerprint density at radius 1 is 1.16 bits per heavy atom. The fourth-order valence-corrected chi connectivity index (χ4v) is 4.29. The zero-order chi connectivity index (χ0) is 21.8. The molecule has 0 unspecified atom stereocenters. The molecule has 1 spiro atoms. The maximum absolute atomic E-state index is 12.9. The first-order chi connectivity index (χ1) is 15.0. The molecule has 31 heavy (non-hydrogen) atoms.